The van der Waals surface area contributed by atoms with Gasteiger partial charge in [0.2, 0.25) is 0 Å². The molecule has 0 amide bonds. The summed E-state index contributed by atoms with van der Waals surface area (Å²) in [4.78, 5) is 10.5. The van der Waals surface area contributed by atoms with Crippen LogP contribution in [0.3, 0.4) is 0 Å². The minimum Gasteiger partial charge on any atom is -0.396 e. The fourth-order valence-corrected chi connectivity index (χ4v) is 2.02. The Kier molecular flexibility index (Phi) is 6.79. The van der Waals surface area contributed by atoms with Crippen molar-refractivity contribution in [3.8, 4) is 0 Å². The highest BCUT2D eigenvalue weighted by Gasteiger charge is 2.11. The van der Waals surface area contributed by atoms with Crippen LogP contribution in [0.5, 0.6) is 0 Å². The third-order valence-corrected chi connectivity index (χ3v) is 3.22. The molecule has 1 aromatic carbocycles. The van der Waals surface area contributed by atoms with Gasteiger partial charge in [-0.05, 0) is 25.3 Å². The molecular weight excluding hydrogens is 258 g/mol. The van der Waals surface area contributed by atoms with E-state index in [1.807, 2.05) is 13.0 Å². The summed E-state index contributed by atoms with van der Waals surface area (Å²) in [6.45, 7) is 5.59. The number of nitro groups is 1. The van der Waals surface area contributed by atoms with E-state index in [1.165, 1.54) is 12.1 Å². The summed E-state index contributed by atoms with van der Waals surface area (Å²) in [7, 11) is 0. The van der Waals surface area contributed by atoms with Gasteiger partial charge in [-0.25, -0.2) is 0 Å². The molecule has 6 nitrogen and oxygen atoms in total. The van der Waals surface area contributed by atoms with Crippen LogP contribution in [0.1, 0.15) is 26.7 Å². The maximum Gasteiger partial charge on any atom is 0.273 e. The molecule has 0 heterocycles. The second kappa shape index (κ2) is 8.37. The van der Waals surface area contributed by atoms with Crippen molar-refractivity contribution < 1.29 is 10.0 Å². The van der Waals surface area contributed by atoms with Gasteiger partial charge in [0.1, 0.15) is 0 Å². The van der Waals surface area contributed by atoms with E-state index in [0.29, 0.717) is 19.0 Å². The molecule has 0 saturated heterocycles. The number of aliphatic hydroxyl groups excluding tert-OH is 1. The van der Waals surface area contributed by atoms with E-state index in [1.54, 1.807) is 0 Å². The van der Waals surface area contributed by atoms with Gasteiger partial charge >= 0.3 is 0 Å². The Labute approximate surface area is 119 Å². The zero-order valence-corrected chi connectivity index (χ0v) is 12.1. The molecule has 1 aromatic rings. The highest BCUT2D eigenvalue weighted by Crippen LogP contribution is 2.24. The van der Waals surface area contributed by atoms with Crippen molar-refractivity contribution in [2.45, 2.75) is 26.7 Å². The first-order chi connectivity index (χ1) is 9.60. The summed E-state index contributed by atoms with van der Waals surface area (Å²) < 4.78 is 0. The quantitative estimate of drug-likeness (QED) is 0.478. The monoisotopic (exact) mass is 281 g/mol. The normalized spacial score (nSPS) is 11.9. The van der Waals surface area contributed by atoms with Crippen LogP contribution < -0.4 is 10.6 Å². The first-order valence-electron chi connectivity index (χ1n) is 6.98. The van der Waals surface area contributed by atoms with E-state index in [-0.39, 0.29) is 12.3 Å². The molecule has 0 aliphatic heterocycles. The Hall–Kier alpha value is -1.82. The molecule has 0 aliphatic rings. The Bertz CT molecular complexity index is 438. The highest BCUT2D eigenvalue weighted by atomic mass is 16.6. The maximum absolute atomic E-state index is 10.9. The average molecular weight is 281 g/mol. The Morgan fingerprint density at radius 1 is 1.25 bits per heavy atom. The van der Waals surface area contributed by atoms with Gasteiger partial charge in [0, 0.05) is 43.2 Å². The lowest BCUT2D eigenvalue weighted by molar-refractivity contribution is -0.384. The average Bonchev–Trinajstić information content (AvgIpc) is 2.43. The molecule has 0 fully saturated rings. The van der Waals surface area contributed by atoms with Crippen LogP contribution in [0, 0.1) is 16.0 Å². The van der Waals surface area contributed by atoms with Crippen molar-refractivity contribution in [1.29, 1.82) is 0 Å². The van der Waals surface area contributed by atoms with Crippen LogP contribution in [0.4, 0.5) is 17.1 Å². The number of nitrogens with zero attached hydrogens (tertiary/aromatic N) is 1. The summed E-state index contributed by atoms with van der Waals surface area (Å²) >= 11 is 0. The van der Waals surface area contributed by atoms with Crippen LogP contribution >= 0.6 is 0 Å². The summed E-state index contributed by atoms with van der Waals surface area (Å²) in [6, 6.07) is 4.92. The van der Waals surface area contributed by atoms with Gasteiger partial charge in [-0.3, -0.25) is 10.1 Å². The predicted octanol–water partition coefficient (Wildman–Crippen LogP) is 2.85. The zero-order valence-electron chi connectivity index (χ0n) is 12.1. The second-order valence-electron chi connectivity index (χ2n) is 4.72. The Morgan fingerprint density at radius 3 is 2.40 bits per heavy atom. The van der Waals surface area contributed by atoms with Crippen molar-refractivity contribution in [3.05, 3.63) is 28.3 Å². The molecule has 0 saturated carbocycles. The molecule has 20 heavy (non-hydrogen) atoms. The third-order valence-electron chi connectivity index (χ3n) is 3.22. The molecule has 0 aromatic heterocycles. The van der Waals surface area contributed by atoms with Crippen LogP contribution in [0.15, 0.2) is 18.2 Å². The van der Waals surface area contributed by atoms with Crippen LogP contribution in [-0.2, 0) is 0 Å². The maximum atomic E-state index is 10.9. The lowest BCUT2D eigenvalue weighted by Gasteiger charge is -2.16. The SMILES string of the molecule is CCNc1cc(NCC(CC)CCO)cc([N+](=O)[O-])c1. The number of nitro benzene ring substituents is 1. The van der Waals surface area contributed by atoms with Gasteiger partial charge < -0.3 is 15.7 Å². The van der Waals surface area contributed by atoms with Gasteiger partial charge in [0.05, 0.1) is 4.92 Å². The number of hydrogen-bond acceptors (Lipinski definition) is 5. The van der Waals surface area contributed by atoms with Crippen molar-refractivity contribution in [3.63, 3.8) is 0 Å². The van der Waals surface area contributed by atoms with Crippen molar-refractivity contribution in [2.75, 3.05) is 30.3 Å². The molecule has 112 valence electrons. The summed E-state index contributed by atoms with van der Waals surface area (Å²) in [5.41, 5.74) is 1.53. The van der Waals surface area contributed by atoms with E-state index in [2.05, 4.69) is 17.6 Å². The largest absolute Gasteiger partial charge is 0.396 e. The minimum absolute atomic E-state index is 0.0705. The number of nitrogens with one attached hydrogen (secondary N) is 2. The van der Waals surface area contributed by atoms with E-state index in [0.717, 1.165) is 24.2 Å². The van der Waals surface area contributed by atoms with Crippen LogP contribution in [0.25, 0.3) is 0 Å². The molecule has 1 rings (SSSR count). The lowest BCUT2D eigenvalue weighted by atomic mass is 10.0. The summed E-state index contributed by atoms with van der Waals surface area (Å²) in [5, 5.41) is 26.2. The first kappa shape index (κ1) is 16.2. The molecule has 1 atom stereocenters. The third kappa shape index (κ3) is 5.05. The van der Waals surface area contributed by atoms with E-state index < -0.39 is 4.92 Å². The summed E-state index contributed by atoms with van der Waals surface area (Å²) in [5.74, 6) is 0.363. The van der Waals surface area contributed by atoms with Gasteiger partial charge in [-0.1, -0.05) is 13.3 Å². The van der Waals surface area contributed by atoms with Gasteiger partial charge in [0.15, 0.2) is 0 Å². The number of rotatable bonds is 9. The van der Waals surface area contributed by atoms with E-state index in [9.17, 15) is 10.1 Å². The number of hydrogen-bond donors (Lipinski definition) is 3. The molecule has 1 unspecified atom stereocenters. The van der Waals surface area contributed by atoms with Crippen molar-refractivity contribution >= 4 is 17.1 Å². The Morgan fingerprint density at radius 2 is 1.90 bits per heavy atom. The highest BCUT2D eigenvalue weighted by molar-refractivity contribution is 5.63. The summed E-state index contributed by atoms with van der Waals surface area (Å²) in [6.07, 6.45) is 1.70. The number of aliphatic hydroxyl groups is 1. The minimum atomic E-state index is -0.392. The van der Waals surface area contributed by atoms with Gasteiger partial charge in [-0.2, -0.15) is 0 Å². The van der Waals surface area contributed by atoms with Crippen molar-refractivity contribution in [2.24, 2.45) is 5.92 Å². The number of benzene rings is 1. The first-order valence-corrected chi connectivity index (χ1v) is 6.98. The second-order valence-corrected chi connectivity index (χ2v) is 4.72. The van der Waals surface area contributed by atoms with Gasteiger partial charge in [0.25, 0.3) is 5.69 Å². The van der Waals surface area contributed by atoms with E-state index in [4.69, 9.17) is 5.11 Å². The molecule has 0 spiro atoms. The number of non-ortho nitro benzene ring substituents is 1. The predicted molar refractivity (Wildman–Crippen MR) is 81.2 cm³/mol. The molecule has 0 aliphatic carbocycles. The topological polar surface area (TPSA) is 87.4 Å². The fraction of sp³-hybridized carbons (Fsp3) is 0.571. The fourth-order valence-electron chi connectivity index (χ4n) is 2.02. The van der Waals surface area contributed by atoms with Crippen molar-refractivity contribution in [1.82, 2.24) is 0 Å². The van der Waals surface area contributed by atoms with E-state index >= 15 is 0 Å². The molecule has 0 bridgehead atoms. The van der Waals surface area contributed by atoms with Crippen LogP contribution in [0.2, 0.25) is 0 Å². The zero-order chi connectivity index (χ0) is 15.0. The lowest BCUT2D eigenvalue weighted by Crippen LogP contribution is -2.15. The molecule has 0 radical (unpaired) electrons. The van der Waals surface area contributed by atoms with Gasteiger partial charge in [-0.15, -0.1) is 0 Å². The standard InChI is InChI=1S/C14H23N3O3/c1-3-11(5-6-18)10-16-13-7-12(15-4-2)8-14(9-13)17(19)20/h7-9,11,15-16,18H,3-6,10H2,1-2H3. The molecule has 6 heteroatoms. The molecule has 3 N–H and O–H groups in total. The van der Waals surface area contributed by atoms with Crippen LogP contribution in [-0.4, -0.2) is 29.7 Å². The number of anilines is 2. The molecular formula is C14H23N3O3. The Balaban J connectivity index is 2.79. The smallest absolute Gasteiger partial charge is 0.273 e.